The van der Waals surface area contributed by atoms with Crippen molar-refractivity contribution in [1.29, 1.82) is 0 Å². The van der Waals surface area contributed by atoms with E-state index in [4.69, 9.17) is 4.42 Å². The van der Waals surface area contributed by atoms with Crippen LogP contribution in [0.3, 0.4) is 0 Å². The van der Waals surface area contributed by atoms with Gasteiger partial charge in [0.25, 0.3) is 0 Å². The molecule has 1 heterocycles. The summed E-state index contributed by atoms with van der Waals surface area (Å²) < 4.78 is 44.9. The smallest absolute Gasteiger partial charge is 0.416 e. The molecule has 1 N–H and O–H groups in total. The monoisotopic (exact) mass is 361 g/mol. The molecule has 114 valence electrons. The van der Waals surface area contributed by atoms with Crippen molar-refractivity contribution in [3.05, 3.63) is 57.5 Å². The second-order valence-corrected chi connectivity index (χ2v) is 5.53. The highest BCUT2D eigenvalue weighted by Crippen LogP contribution is 2.36. The van der Waals surface area contributed by atoms with Crippen LogP contribution in [0.1, 0.15) is 35.6 Å². The Morgan fingerprint density at radius 2 is 1.95 bits per heavy atom. The first-order valence-electron chi connectivity index (χ1n) is 6.49. The maximum absolute atomic E-state index is 12.9. The molecule has 0 bridgehead atoms. The molecule has 0 amide bonds. The Labute approximate surface area is 129 Å². The second kappa shape index (κ2) is 6.23. The lowest BCUT2D eigenvalue weighted by Gasteiger charge is -2.19. The molecule has 1 atom stereocenters. The van der Waals surface area contributed by atoms with Gasteiger partial charge in [-0.15, -0.1) is 0 Å². The topological polar surface area (TPSA) is 25.2 Å². The highest BCUT2D eigenvalue weighted by molar-refractivity contribution is 9.10. The van der Waals surface area contributed by atoms with Crippen molar-refractivity contribution in [3.8, 4) is 0 Å². The van der Waals surface area contributed by atoms with Gasteiger partial charge in [0.05, 0.1) is 11.6 Å². The van der Waals surface area contributed by atoms with Gasteiger partial charge in [-0.1, -0.05) is 22.9 Å². The number of aryl methyl sites for hydroxylation is 1. The van der Waals surface area contributed by atoms with Crippen LogP contribution in [0.15, 0.2) is 39.2 Å². The maximum Gasteiger partial charge on any atom is 0.416 e. The van der Waals surface area contributed by atoms with Crippen LogP contribution in [-0.4, -0.2) is 6.54 Å². The van der Waals surface area contributed by atoms with Crippen LogP contribution in [0.5, 0.6) is 0 Å². The average molecular weight is 362 g/mol. The maximum atomic E-state index is 12.9. The number of rotatable bonds is 4. The lowest BCUT2D eigenvalue weighted by molar-refractivity contribution is -0.137. The molecule has 0 aliphatic rings. The Morgan fingerprint density at radius 1 is 1.24 bits per heavy atom. The third kappa shape index (κ3) is 3.68. The minimum absolute atomic E-state index is 0.430. The van der Waals surface area contributed by atoms with Gasteiger partial charge in [0, 0.05) is 4.47 Å². The number of alkyl halides is 3. The molecule has 0 aliphatic carbocycles. The van der Waals surface area contributed by atoms with E-state index in [-0.39, 0.29) is 0 Å². The molecule has 2 aromatic rings. The van der Waals surface area contributed by atoms with Gasteiger partial charge in [-0.3, -0.25) is 0 Å². The molecular weight excluding hydrogens is 347 g/mol. The summed E-state index contributed by atoms with van der Waals surface area (Å²) in [6, 6.07) is 6.76. The summed E-state index contributed by atoms with van der Waals surface area (Å²) in [5.41, 5.74) is -0.173. The van der Waals surface area contributed by atoms with E-state index in [0.29, 0.717) is 22.3 Å². The van der Waals surface area contributed by atoms with Crippen molar-refractivity contribution in [2.24, 2.45) is 0 Å². The summed E-state index contributed by atoms with van der Waals surface area (Å²) in [7, 11) is 0. The lowest BCUT2D eigenvalue weighted by Crippen LogP contribution is -2.22. The van der Waals surface area contributed by atoms with Crippen LogP contribution in [-0.2, 0) is 6.18 Å². The summed E-state index contributed by atoms with van der Waals surface area (Å²) in [5.74, 6) is 1.31. The number of hydrogen-bond donors (Lipinski definition) is 1. The van der Waals surface area contributed by atoms with Gasteiger partial charge in [0.2, 0.25) is 0 Å². The van der Waals surface area contributed by atoms with Crippen molar-refractivity contribution < 1.29 is 17.6 Å². The van der Waals surface area contributed by atoms with Crippen molar-refractivity contribution in [2.75, 3.05) is 6.54 Å². The fourth-order valence-corrected chi connectivity index (χ4v) is 2.59. The molecule has 0 radical (unpaired) electrons. The van der Waals surface area contributed by atoms with Crippen molar-refractivity contribution >= 4 is 15.9 Å². The quantitative estimate of drug-likeness (QED) is 0.822. The minimum Gasteiger partial charge on any atom is -0.464 e. The Bertz CT molecular complexity index is 622. The van der Waals surface area contributed by atoms with Crippen LogP contribution in [0.4, 0.5) is 13.2 Å². The van der Waals surface area contributed by atoms with E-state index < -0.39 is 17.8 Å². The van der Waals surface area contributed by atoms with Crippen molar-refractivity contribution in [3.63, 3.8) is 0 Å². The van der Waals surface area contributed by atoms with Gasteiger partial charge in [-0.2, -0.15) is 13.2 Å². The third-order valence-corrected chi connectivity index (χ3v) is 3.81. The lowest BCUT2D eigenvalue weighted by atomic mass is 10.0. The first-order chi connectivity index (χ1) is 9.82. The van der Waals surface area contributed by atoms with E-state index in [9.17, 15) is 13.2 Å². The minimum atomic E-state index is -4.37. The van der Waals surface area contributed by atoms with Crippen LogP contribution in [0.2, 0.25) is 0 Å². The molecule has 2 rings (SSSR count). The zero-order valence-electron chi connectivity index (χ0n) is 11.6. The molecule has 1 aromatic carbocycles. The number of benzene rings is 1. The Balaban J connectivity index is 2.49. The molecular formula is C15H15BrF3NO. The zero-order chi connectivity index (χ0) is 15.6. The highest BCUT2D eigenvalue weighted by Gasteiger charge is 2.32. The number of furan rings is 1. The van der Waals surface area contributed by atoms with Gasteiger partial charge in [-0.05, 0) is 49.4 Å². The van der Waals surface area contributed by atoms with E-state index in [1.54, 1.807) is 19.1 Å². The van der Waals surface area contributed by atoms with Gasteiger partial charge < -0.3 is 9.73 Å². The van der Waals surface area contributed by atoms with E-state index in [2.05, 4.69) is 21.2 Å². The van der Waals surface area contributed by atoms with Crippen LogP contribution < -0.4 is 5.32 Å². The molecule has 2 nitrogen and oxygen atoms in total. The van der Waals surface area contributed by atoms with Gasteiger partial charge in [-0.25, -0.2) is 0 Å². The van der Waals surface area contributed by atoms with E-state index in [1.165, 1.54) is 6.07 Å². The molecule has 6 heteroatoms. The van der Waals surface area contributed by atoms with Crippen molar-refractivity contribution in [1.82, 2.24) is 5.32 Å². The summed E-state index contributed by atoms with van der Waals surface area (Å²) in [5, 5.41) is 3.16. The highest BCUT2D eigenvalue weighted by atomic mass is 79.9. The van der Waals surface area contributed by atoms with E-state index in [0.717, 1.165) is 17.9 Å². The van der Waals surface area contributed by atoms with E-state index >= 15 is 0 Å². The largest absolute Gasteiger partial charge is 0.464 e. The predicted octanol–water partition coefficient (Wildman–Crippen LogP) is 5.07. The fraction of sp³-hybridized carbons (Fsp3) is 0.333. The van der Waals surface area contributed by atoms with Crippen LogP contribution >= 0.6 is 15.9 Å². The number of nitrogens with one attached hydrogen (secondary N) is 1. The molecule has 1 unspecified atom stereocenters. The molecule has 0 aliphatic heterocycles. The fourth-order valence-electron chi connectivity index (χ4n) is 2.12. The molecule has 21 heavy (non-hydrogen) atoms. The third-order valence-electron chi connectivity index (χ3n) is 3.09. The normalized spacial score (nSPS) is 13.4. The average Bonchev–Trinajstić information content (AvgIpc) is 2.82. The summed E-state index contributed by atoms with van der Waals surface area (Å²) >= 11 is 3.32. The van der Waals surface area contributed by atoms with E-state index in [1.807, 2.05) is 6.92 Å². The molecule has 1 aromatic heterocycles. The summed E-state index contributed by atoms with van der Waals surface area (Å²) in [6.45, 7) is 4.30. The van der Waals surface area contributed by atoms with Crippen LogP contribution in [0.25, 0.3) is 0 Å². The van der Waals surface area contributed by atoms with Crippen molar-refractivity contribution in [2.45, 2.75) is 26.1 Å². The number of hydrogen-bond acceptors (Lipinski definition) is 2. The SMILES string of the molecule is CCNC(c1ccc(C)o1)c1cc(C(F)(F)F)ccc1Br. The summed E-state index contributed by atoms with van der Waals surface area (Å²) in [6.07, 6.45) is -4.37. The zero-order valence-corrected chi connectivity index (χ0v) is 13.2. The van der Waals surface area contributed by atoms with Gasteiger partial charge in [0.1, 0.15) is 11.5 Å². The molecule has 0 spiro atoms. The van der Waals surface area contributed by atoms with Gasteiger partial charge in [0.15, 0.2) is 0 Å². The first-order valence-corrected chi connectivity index (χ1v) is 7.28. The van der Waals surface area contributed by atoms with Crippen LogP contribution in [0, 0.1) is 6.92 Å². The second-order valence-electron chi connectivity index (χ2n) is 4.67. The number of halogens is 4. The molecule has 0 saturated heterocycles. The standard InChI is InChI=1S/C15H15BrF3NO/c1-3-20-14(13-7-4-9(2)21-13)11-8-10(15(17,18)19)5-6-12(11)16/h4-8,14,20H,3H2,1-2H3. The molecule has 0 fully saturated rings. The van der Waals surface area contributed by atoms with Gasteiger partial charge >= 0.3 is 6.18 Å². The molecule has 0 saturated carbocycles. The first kappa shape index (κ1) is 16.1. The predicted molar refractivity (Wildman–Crippen MR) is 78.1 cm³/mol. The Hall–Kier alpha value is -1.27. The Morgan fingerprint density at radius 3 is 2.48 bits per heavy atom. The summed E-state index contributed by atoms with van der Waals surface area (Å²) in [4.78, 5) is 0. The Kier molecular flexibility index (Phi) is 4.78.